The zero-order valence-electron chi connectivity index (χ0n) is 15.1. The molecular formula is C17H25N5O2S. The predicted octanol–water partition coefficient (Wildman–Crippen LogP) is 1.04. The number of rotatable bonds is 6. The Labute approximate surface area is 149 Å². The van der Waals surface area contributed by atoms with Gasteiger partial charge in [-0.3, -0.25) is 9.67 Å². The summed E-state index contributed by atoms with van der Waals surface area (Å²) in [5.74, 6) is 0.703. The van der Waals surface area contributed by atoms with Gasteiger partial charge in [0.1, 0.15) is 0 Å². The molecule has 0 fully saturated rings. The molecule has 0 spiro atoms. The lowest BCUT2D eigenvalue weighted by molar-refractivity contribution is 0.601. The molecule has 7 nitrogen and oxygen atoms in total. The molecule has 0 amide bonds. The zero-order chi connectivity index (χ0) is 18.4. The highest BCUT2D eigenvalue weighted by molar-refractivity contribution is 7.90. The number of aromatic nitrogens is 2. The third kappa shape index (κ3) is 5.60. The van der Waals surface area contributed by atoms with Gasteiger partial charge in [0, 0.05) is 39.6 Å². The van der Waals surface area contributed by atoms with E-state index in [0.717, 1.165) is 29.7 Å². The second kappa shape index (κ2) is 8.15. The molecule has 2 aromatic rings. The molecule has 0 saturated carbocycles. The number of hydrogen-bond acceptors (Lipinski definition) is 4. The fraction of sp³-hybridized carbons (Fsp3) is 0.412. The Kier molecular flexibility index (Phi) is 6.19. The van der Waals surface area contributed by atoms with Crippen molar-refractivity contribution in [1.82, 2.24) is 20.4 Å². The lowest BCUT2D eigenvalue weighted by Gasteiger charge is -2.12. The van der Waals surface area contributed by atoms with E-state index >= 15 is 0 Å². The minimum absolute atomic E-state index is 0.371. The second-order valence-corrected chi connectivity index (χ2v) is 7.98. The highest BCUT2D eigenvalue weighted by Gasteiger charge is 2.10. The summed E-state index contributed by atoms with van der Waals surface area (Å²) in [5, 5.41) is 10.6. The van der Waals surface area contributed by atoms with Gasteiger partial charge in [-0.2, -0.15) is 5.10 Å². The van der Waals surface area contributed by atoms with Crippen LogP contribution < -0.4 is 10.6 Å². The molecule has 0 bridgehead atoms. The van der Waals surface area contributed by atoms with Gasteiger partial charge in [0.25, 0.3) is 0 Å². The Balaban J connectivity index is 1.87. The maximum atomic E-state index is 11.7. The summed E-state index contributed by atoms with van der Waals surface area (Å²) >= 11 is 0. The minimum Gasteiger partial charge on any atom is -0.356 e. The first-order valence-corrected chi connectivity index (χ1v) is 9.90. The summed E-state index contributed by atoms with van der Waals surface area (Å²) in [6, 6.07) is 5.35. The molecule has 2 rings (SSSR count). The zero-order valence-corrected chi connectivity index (χ0v) is 15.9. The van der Waals surface area contributed by atoms with Gasteiger partial charge >= 0.3 is 0 Å². The molecule has 0 radical (unpaired) electrons. The molecule has 2 N–H and O–H groups in total. The Morgan fingerprint density at radius 1 is 1.28 bits per heavy atom. The molecule has 0 aliphatic carbocycles. The van der Waals surface area contributed by atoms with Crippen molar-refractivity contribution in [2.45, 2.75) is 24.8 Å². The van der Waals surface area contributed by atoms with Gasteiger partial charge in [-0.05, 0) is 36.1 Å². The molecule has 136 valence electrons. The van der Waals surface area contributed by atoms with Crippen LogP contribution in [0.15, 0.2) is 40.5 Å². The van der Waals surface area contributed by atoms with E-state index in [1.165, 1.54) is 6.26 Å². The summed E-state index contributed by atoms with van der Waals surface area (Å²) in [6.07, 6.45) is 5.92. The molecule has 0 atom stereocenters. The number of aliphatic imine (C=N–C) groups is 1. The van der Waals surface area contributed by atoms with Crippen molar-refractivity contribution in [2.75, 3.05) is 19.8 Å². The molecular weight excluding hydrogens is 338 g/mol. The summed E-state index contributed by atoms with van der Waals surface area (Å²) < 4.78 is 25.1. The van der Waals surface area contributed by atoms with Crippen LogP contribution in [0.4, 0.5) is 0 Å². The standard InChI is InChI=1S/C17H25N5O2S/c1-13-9-14(5-6-16(13)25(4,23)24)10-20-17(18-2)19-8-7-15-11-21-22(3)12-15/h5-6,9,11-12H,7-8,10H2,1-4H3,(H2,18,19,20). The first-order chi connectivity index (χ1) is 11.8. The van der Waals surface area contributed by atoms with Crippen LogP contribution in [0.25, 0.3) is 0 Å². The van der Waals surface area contributed by atoms with Gasteiger partial charge in [0.15, 0.2) is 15.8 Å². The number of hydrogen-bond donors (Lipinski definition) is 2. The normalized spacial score (nSPS) is 12.2. The van der Waals surface area contributed by atoms with E-state index in [2.05, 4.69) is 20.7 Å². The van der Waals surface area contributed by atoms with Crippen LogP contribution in [-0.4, -0.2) is 44.0 Å². The van der Waals surface area contributed by atoms with E-state index in [9.17, 15) is 8.42 Å². The fourth-order valence-electron chi connectivity index (χ4n) is 2.57. The average Bonchev–Trinajstić information content (AvgIpc) is 2.95. The van der Waals surface area contributed by atoms with E-state index in [1.807, 2.05) is 31.6 Å². The highest BCUT2D eigenvalue weighted by atomic mass is 32.2. The third-order valence-electron chi connectivity index (χ3n) is 3.79. The molecule has 8 heteroatoms. The Hall–Kier alpha value is -2.35. The van der Waals surface area contributed by atoms with E-state index in [0.29, 0.717) is 17.4 Å². The van der Waals surface area contributed by atoms with Gasteiger partial charge in [-0.1, -0.05) is 12.1 Å². The van der Waals surface area contributed by atoms with Gasteiger partial charge in [0.2, 0.25) is 0 Å². The van der Waals surface area contributed by atoms with Crippen LogP contribution in [0.5, 0.6) is 0 Å². The van der Waals surface area contributed by atoms with E-state index < -0.39 is 9.84 Å². The molecule has 0 saturated heterocycles. The van der Waals surface area contributed by atoms with Gasteiger partial charge in [0.05, 0.1) is 11.1 Å². The maximum Gasteiger partial charge on any atom is 0.191 e. The Bertz CT molecular complexity index is 856. The monoisotopic (exact) mass is 363 g/mol. The van der Waals surface area contributed by atoms with Crippen LogP contribution in [0.2, 0.25) is 0 Å². The maximum absolute atomic E-state index is 11.7. The third-order valence-corrected chi connectivity index (χ3v) is 5.04. The van der Waals surface area contributed by atoms with Crippen molar-refractivity contribution in [3.63, 3.8) is 0 Å². The van der Waals surface area contributed by atoms with Crippen LogP contribution in [0, 0.1) is 6.92 Å². The molecule has 0 unspecified atom stereocenters. The molecule has 1 aromatic heterocycles. The number of aryl methyl sites for hydroxylation is 2. The number of benzene rings is 1. The molecule has 0 aliphatic rings. The van der Waals surface area contributed by atoms with Crippen LogP contribution >= 0.6 is 0 Å². The summed E-state index contributed by atoms with van der Waals surface area (Å²) in [4.78, 5) is 4.57. The molecule has 25 heavy (non-hydrogen) atoms. The minimum atomic E-state index is -3.19. The Morgan fingerprint density at radius 2 is 2.04 bits per heavy atom. The number of sulfone groups is 1. The van der Waals surface area contributed by atoms with Gasteiger partial charge in [-0.15, -0.1) is 0 Å². The van der Waals surface area contributed by atoms with Crippen LogP contribution in [-0.2, 0) is 29.9 Å². The van der Waals surface area contributed by atoms with Crippen molar-refractivity contribution >= 4 is 15.8 Å². The van der Waals surface area contributed by atoms with Gasteiger partial charge in [-0.25, -0.2) is 8.42 Å². The topological polar surface area (TPSA) is 88.4 Å². The van der Waals surface area contributed by atoms with Gasteiger partial charge < -0.3 is 10.6 Å². The van der Waals surface area contributed by atoms with E-state index in [1.54, 1.807) is 24.7 Å². The molecule has 1 aromatic carbocycles. The van der Waals surface area contributed by atoms with Crippen LogP contribution in [0.3, 0.4) is 0 Å². The quantitative estimate of drug-likeness (QED) is 0.591. The second-order valence-electron chi connectivity index (χ2n) is 6.00. The van der Waals surface area contributed by atoms with Crippen molar-refractivity contribution in [3.8, 4) is 0 Å². The largest absolute Gasteiger partial charge is 0.356 e. The van der Waals surface area contributed by atoms with Crippen molar-refractivity contribution < 1.29 is 8.42 Å². The number of guanidine groups is 1. The molecule has 1 heterocycles. The number of nitrogens with zero attached hydrogens (tertiary/aromatic N) is 3. The van der Waals surface area contributed by atoms with E-state index in [4.69, 9.17) is 0 Å². The highest BCUT2D eigenvalue weighted by Crippen LogP contribution is 2.16. The lowest BCUT2D eigenvalue weighted by Crippen LogP contribution is -2.37. The average molecular weight is 363 g/mol. The lowest BCUT2D eigenvalue weighted by atomic mass is 10.1. The Morgan fingerprint density at radius 3 is 2.60 bits per heavy atom. The summed E-state index contributed by atoms with van der Waals surface area (Å²) in [6.45, 7) is 3.12. The summed E-state index contributed by atoms with van der Waals surface area (Å²) in [5.41, 5.74) is 2.92. The SMILES string of the molecule is CN=C(NCCc1cnn(C)c1)NCc1ccc(S(C)(=O)=O)c(C)c1. The smallest absolute Gasteiger partial charge is 0.191 e. The van der Waals surface area contributed by atoms with Crippen molar-refractivity contribution in [3.05, 3.63) is 47.3 Å². The fourth-order valence-corrected chi connectivity index (χ4v) is 3.53. The number of nitrogens with one attached hydrogen (secondary N) is 2. The van der Waals surface area contributed by atoms with E-state index in [-0.39, 0.29) is 0 Å². The predicted molar refractivity (Wildman–Crippen MR) is 99.4 cm³/mol. The summed E-state index contributed by atoms with van der Waals surface area (Å²) in [7, 11) is 0.431. The van der Waals surface area contributed by atoms with Crippen LogP contribution in [0.1, 0.15) is 16.7 Å². The first kappa shape index (κ1) is 19.0. The molecule has 0 aliphatic heterocycles. The first-order valence-electron chi connectivity index (χ1n) is 8.01. The van der Waals surface area contributed by atoms with Crippen molar-refractivity contribution in [1.29, 1.82) is 0 Å². The van der Waals surface area contributed by atoms with Crippen molar-refractivity contribution in [2.24, 2.45) is 12.0 Å².